The number of nitrogens with zero attached hydrogens (tertiary/aromatic N) is 3. The lowest BCUT2D eigenvalue weighted by Crippen LogP contribution is -2.33. The first-order chi connectivity index (χ1) is 11.7. The number of amidine groups is 1. The first-order valence-corrected chi connectivity index (χ1v) is 9.08. The van der Waals surface area contributed by atoms with Crippen molar-refractivity contribution in [2.45, 2.75) is 40.0 Å². The molecule has 130 valence electrons. The highest BCUT2D eigenvalue weighted by atomic mass is 32.2. The summed E-state index contributed by atoms with van der Waals surface area (Å²) in [6, 6.07) is 0. The van der Waals surface area contributed by atoms with Crippen LogP contribution in [0.3, 0.4) is 0 Å². The maximum Gasteiger partial charge on any atom is 0.133 e. The molecule has 0 spiro atoms. The van der Waals surface area contributed by atoms with Crippen LogP contribution in [0.1, 0.15) is 40.0 Å². The second-order valence-corrected chi connectivity index (χ2v) is 5.94. The summed E-state index contributed by atoms with van der Waals surface area (Å²) in [7, 11) is 0. The first kappa shape index (κ1) is 20.2. The van der Waals surface area contributed by atoms with E-state index in [1.54, 1.807) is 6.92 Å². The smallest absolute Gasteiger partial charge is 0.133 e. The topological polar surface area (TPSA) is 49.1 Å². The van der Waals surface area contributed by atoms with Gasteiger partial charge in [0.05, 0.1) is 12.5 Å². The van der Waals surface area contributed by atoms with Crippen LogP contribution >= 0.6 is 11.9 Å². The third-order valence-electron chi connectivity index (χ3n) is 3.11. The lowest BCUT2D eigenvalue weighted by molar-refractivity contribution is 0.592. The zero-order chi connectivity index (χ0) is 17.6. The molecule has 1 rings (SSSR count). The van der Waals surface area contributed by atoms with E-state index in [4.69, 9.17) is 0 Å². The maximum absolute atomic E-state index is 14.4. The van der Waals surface area contributed by atoms with Gasteiger partial charge in [-0.25, -0.2) is 13.8 Å². The minimum absolute atomic E-state index is 0.0227. The summed E-state index contributed by atoms with van der Waals surface area (Å²) in [5.74, 6) is 6.55. The number of rotatable bonds is 8. The minimum atomic E-state index is -0.271. The van der Waals surface area contributed by atoms with Crippen molar-refractivity contribution in [1.29, 1.82) is 0 Å². The molecule has 1 N–H and O–H groups in total. The first-order valence-electron chi connectivity index (χ1n) is 8.13. The Balaban J connectivity index is 2.71. The highest BCUT2D eigenvalue weighted by molar-refractivity contribution is 7.98. The van der Waals surface area contributed by atoms with E-state index < -0.39 is 0 Å². The molecule has 0 aromatic rings. The number of nitrogens with one attached hydrogen (secondary N) is 1. The standard InChI is InChI=1S/C18H25FN4S/c1-4-7-11-22-24-12-10-16(19)17(9-6-3)23-18-15(8-5-2)13-20-14-21-18/h5,8,11,14-15H,4,7,10,12-13H2,1-3H3,(H,20,21,23)/b8-5-,17-16-,22-11?. The van der Waals surface area contributed by atoms with Gasteiger partial charge in [-0.3, -0.25) is 4.99 Å². The summed E-state index contributed by atoms with van der Waals surface area (Å²) >= 11 is 1.37. The second-order valence-electron chi connectivity index (χ2n) is 5.07. The Morgan fingerprint density at radius 3 is 3.12 bits per heavy atom. The summed E-state index contributed by atoms with van der Waals surface area (Å²) in [5, 5.41) is 3.04. The highest BCUT2D eigenvalue weighted by Gasteiger charge is 2.17. The van der Waals surface area contributed by atoms with E-state index in [-0.39, 0.29) is 23.9 Å². The van der Waals surface area contributed by atoms with Crippen molar-refractivity contribution in [3.63, 3.8) is 0 Å². The van der Waals surface area contributed by atoms with Crippen LogP contribution < -0.4 is 5.32 Å². The fourth-order valence-corrected chi connectivity index (χ4v) is 2.51. The zero-order valence-corrected chi connectivity index (χ0v) is 15.4. The van der Waals surface area contributed by atoms with Gasteiger partial charge >= 0.3 is 0 Å². The molecule has 1 aliphatic heterocycles. The number of unbranched alkanes of at least 4 members (excludes halogenated alkanes) is 1. The van der Waals surface area contributed by atoms with Crippen LogP contribution in [0.5, 0.6) is 0 Å². The summed E-state index contributed by atoms with van der Waals surface area (Å²) in [4.78, 5) is 8.37. The molecule has 4 nitrogen and oxygen atoms in total. The predicted molar refractivity (Wildman–Crippen MR) is 104 cm³/mol. The molecule has 0 bridgehead atoms. The number of halogens is 1. The number of hydrogen-bond acceptors (Lipinski definition) is 5. The Hall–Kier alpha value is -1.87. The molecule has 1 heterocycles. The molecule has 6 heteroatoms. The van der Waals surface area contributed by atoms with Gasteiger partial charge in [-0.05, 0) is 38.1 Å². The van der Waals surface area contributed by atoms with Gasteiger partial charge in [-0.1, -0.05) is 31.4 Å². The van der Waals surface area contributed by atoms with Crippen LogP contribution in [0.4, 0.5) is 4.39 Å². The highest BCUT2D eigenvalue weighted by Crippen LogP contribution is 2.15. The molecule has 1 atom stereocenters. The Bertz CT molecular complexity index is 594. The molecule has 0 aromatic carbocycles. The van der Waals surface area contributed by atoms with E-state index in [2.05, 4.69) is 38.5 Å². The van der Waals surface area contributed by atoms with Crippen LogP contribution in [0.25, 0.3) is 0 Å². The van der Waals surface area contributed by atoms with Gasteiger partial charge in [0, 0.05) is 18.4 Å². The average molecular weight is 348 g/mol. The molecule has 1 unspecified atom stereocenters. The van der Waals surface area contributed by atoms with Crippen molar-refractivity contribution in [2.24, 2.45) is 20.3 Å². The van der Waals surface area contributed by atoms with Crippen LogP contribution in [0.15, 0.2) is 38.1 Å². The quantitative estimate of drug-likeness (QED) is 0.233. The fraction of sp³-hybridized carbons (Fsp3) is 0.500. The lowest BCUT2D eigenvalue weighted by Gasteiger charge is -2.18. The number of aliphatic imine (C=N–C) groups is 2. The molecule has 0 aliphatic carbocycles. The average Bonchev–Trinajstić information content (AvgIpc) is 2.59. The lowest BCUT2D eigenvalue weighted by atomic mass is 10.1. The molecule has 0 saturated carbocycles. The largest absolute Gasteiger partial charge is 0.334 e. The van der Waals surface area contributed by atoms with E-state index in [1.165, 1.54) is 18.3 Å². The van der Waals surface area contributed by atoms with Crippen molar-refractivity contribution in [3.8, 4) is 11.8 Å². The van der Waals surface area contributed by atoms with E-state index in [0.29, 0.717) is 18.1 Å². The van der Waals surface area contributed by atoms with Crippen molar-refractivity contribution < 1.29 is 4.39 Å². The minimum Gasteiger partial charge on any atom is -0.334 e. The van der Waals surface area contributed by atoms with E-state index >= 15 is 0 Å². The molecule has 0 radical (unpaired) electrons. The van der Waals surface area contributed by atoms with Crippen molar-refractivity contribution in [1.82, 2.24) is 5.32 Å². The van der Waals surface area contributed by atoms with Crippen LogP contribution in [0.2, 0.25) is 0 Å². The third kappa shape index (κ3) is 7.60. The van der Waals surface area contributed by atoms with Gasteiger partial charge in [0.15, 0.2) is 0 Å². The van der Waals surface area contributed by atoms with Crippen LogP contribution in [-0.2, 0) is 0 Å². The van der Waals surface area contributed by atoms with Crippen molar-refractivity contribution in [3.05, 3.63) is 23.7 Å². The van der Waals surface area contributed by atoms with E-state index in [0.717, 1.165) is 12.8 Å². The Morgan fingerprint density at radius 1 is 1.58 bits per heavy atom. The Labute approximate surface area is 148 Å². The summed E-state index contributed by atoms with van der Waals surface area (Å²) in [6.07, 6.45) is 9.60. The van der Waals surface area contributed by atoms with Gasteiger partial charge < -0.3 is 5.32 Å². The van der Waals surface area contributed by atoms with Crippen molar-refractivity contribution in [2.75, 3.05) is 12.3 Å². The molecule has 0 amide bonds. The van der Waals surface area contributed by atoms with Crippen LogP contribution in [0, 0.1) is 17.8 Å². The molecule has 1 aliphatic rings. The summed E-state index contributed by atoms with van der Waals surface area (Å²) in [5.41, 5.74) is 0.277. The maximum atomic E-state index is 14.4. The van der Waals surface area contributed by atoms with Crippen molar-refractivity contribution >= 4 is 30.3 Å². The monoisotopic (exact) mass is 348 g/mol. The van der Waals surface area contributed by atoms with Crippen LogP contribution in [-0.4, -0.2) is 30.7 Å². The number of hydrogen-bond donors (Lipinski definition) is 1. The Kier molecular flexibility index (Phi) is 10.5. The molecule has 0 fully saturated rings. The summed E-state index contributed by atoms with van der Waals surface area (Å²) in [6.45, 7) is 6.33. The van der Waals surface area contributed by atoms with Gasteiger partial charge in [-0.15, -0.1) is 0 Å². The third-order valence-corrected chi connectivity index (χ3v) is 3.80. The molecular formula is C18H25FN4S. The predicted octanol–water partition coefficient (Wildman–Crippen LogP) is 4.32. The number of allylic oxidation sites excluding steroid dienone is 3. The summed E-state index contributed by atoms with van der Waals surface area (Å²) < 4.78 is 18.6. The Morgan fingerprint density at radius 2 is 2.42 bits per heavy atom. The second kappa shape index (κ2) is 12.5. The molecule has 0 aromatic heterocycles. The fourth-order valence-electron chi connectivity index (χ4n) is 1.92. The molecule has 24 heavy (non-hydrogen) atoms. The van der Waals surface area contributed by atoms with Gasteiger partial charge in [0.2, 0.25) is 0 Å². The van der Waals surface area contributed by atoms with Gasteiger partial charge in [0.25, 0.3) is 0 Å². The SMILES string of the molecule is CC#C/C(NC1=NC=NCC1/C=C\C)=C(/F)CCSN=CCCC. The normalized spacial score (nSPS) is 18.3. The van der Waals surface area contributed by atoms with E-state index in [9.17, 15) is 4.39 Å². The molecule has 0 saturated heterocycles. The molecular weight excluding hydrogens is 323 g/mol. The van der Waals surface area contributed by atoms with Gasteiger partial charge in [-0.2, -0.15) is 0 Å². The zero-order valence-electron chi connectivity index (χ0n) is 14.6. The van der Waals surface area contributed by atoms with Gasteiger partial charge in [0.1, 0.15) is 23.7 Å². The van der Waals surface area contributed by atoms with E-state index in [1.807, 2.05) is 25.3 Å².